The monoisotopic (exact) mass is 222 g/mol. The molecule has 0 radical (unpaired) electrons. The van der Waals surface area contributed by atoms with E-state index in [-0.39, 0.29) is 0 Å². The van der Waals surface area contributed by atoms with Crippen LogP contribution in [0.1, 0.15) is 18.6 Å². The second kappa shape index (κ2) is 5.27. The van der Waals surface area contributed by atoms with Crippen molar-refractivity contribution in [3.05, 3.63) is 35.9 Å². The molecule has 0 aliphatic carbocycles. The molecule has 0 aliphatic rings. The molecule has 5 nitrogen and oxygen atoms in total. The number of primary amides is 1. The minimum absolute atomic E-state index is 0.531. The van der Waals surface area contributed by atoms with E-state index in [0.29, 0.717) is 5.56 Å². The Morgan fingerprint density at radius 2 is 1.81 bits per heavy atom. The average molecular weight is 222 g/mol. The van der Waals surface area contributed by atoms with Gasteiger partial charge in [-0.05, 0) is 6.92 Å². The molecule has 1 aromatic carbocycles. The molecule has 16 heavy (non-hydrogen) atoms. The van der Waals surface area contributed by atoms with Crippen LogP contribution in [0.25, 0.3) is 0 Å². The fraction of sp³-hybridized carbons (Fsp3) is 0.273. The number of esters is 1. The summed E-state index contributed by atoms with van der Waals surface area (Å²) >= 11 is 0. The molecular weight excluding hydrogens is 208 g/mol. The number of carbonyl (C=O) groups excluding carboxylic acids is 2. The van der Waals surface area contributed by atoms with E-state index in [2.05, 4.69) is 0 Å². The van der Waals surface area contributed by atoms with Gasteiger partial charge >= 0.3 is 5.97 Å². The third-order valence-corrected chi connectivity index (χ3v) is 1.97. The minimum atomic E-state index is -1.08. The lowest BCUT2D eigenvalue weighted by Crippen LogP contribution is -2.34. The van der Waals surface area contributed by atoms with Crippen LogP contribution in [0.2, 0.25) is 0 Å². The number of benzene rings is 1. The fourth-order valence-corrected chi connectivity index (χ4v) is 1.14. The molecule has 0 spiro atoms. The predicted octanol–water partition coefficient (Wildman–Crippen LogP) is 0.103. The standard InChI is InChI=1S/C11H14N2O3/c1-7(12)11(15)16-9(10(13)14)8-5-3-2-4-6-8/h2-7,9H,12H2,1H3,(H2,13,14)/t7-,9?/m0/s1. The molecular formula is C11H14N2O3. The third kappa shape index (κ3) is 3.06. The number of carbonyl (C=O) groups is 2. The molecule has 0 saturated carbocycles. The number of nitrogens with two attached hydrogens (primary N) is 2. The van der Waals surface area contributed by atoms with Crippen LogP contribution in [0.5, 0.6) is 0 Å². The molecule has 1 amide bonds. The highest BCUT2D eigenvalue weighted by Crippen LogP contribution is 2.16. The lowest BCUT2D eigenvalue weighted by atomic mass is 10.1. The summed E-state index contributed by atoms with van der Waals surface area (Å²) in [5.41, 5.74) is 11.0. The number of rotatable bonds is 4. The van der Waals surface area contributed by atoms with Crippen LogP contribution in [0, 0.1) is 0 Å². The number of hydrogen-bond acceptors (Lipinski definition) is 4. The Balaban J connectivity index is 2.85. The van der Waals surface area contributed by atoms with Crippen molar-refractivity contribution in [2.24, 2.45) is 11.5 Å². The maximum atomic E-state index is 11.3. The molecule has 1 rings (SSSR count). The molecule has 5 heteroatoms. The Hall–Kier alpha value is -1.88. The topological polar surface area (TPSA) is 95.4 Å². The first-order valence-corrected chi connectivity index (χ1v) is 4.82. The molecule has 1 unspecified atom stereocenters. The van der Waals surface area contributed by atoms with E-state index in [1.54, 1.807) is 30.3 Å². The number of ether oxygens (including phenoxy) is 1. The van der Waals surface area contributed by atoms with Crippen molar-refractivity contribution in [2.75, 3.05) is 0 Å². The summed E-state index contributed by atoms with van der Waals surface area (Å²) in [6, 6.07) is 7.77. The van der Waals surface area contributed by atoms with Gasteiger partial charge in [0, 0.05) is 5.56 Å². The highest BCUT2D eigenvalue weighted by molar-refractivity contribution is 5.84. The molecule has 0 bridgehead atoms. The van der Waals surface area contributed by atoms with Crippen LogP contribution in [-0.4, -0.2) is 17.9 Å². The van der Waals surface area contributed by atoms with Gasteiger partial charge in [-0.2, -0.15) is 0 Å². The van der Waals surface area contributed by atoms with Crippen molar-refractivity contribution in [3.63, 3.8) is 0 Å². The van der Waals surface area contributed by atoms with E-state index in [0.717, 1.165) is 0 Å². The maximum Gasteiger partial charge on any atom is 0.323 e. The quantitative estimate of drug-likeness (QED) is 0.706. The molecule has 4 N–H and O–H groups in total. The highest BCUT2D eigenvalue weighted by Gasteiger charge is 2.23. The van der Waals surface area contributed by atoms with Crippen LogP contribution >= 0.6 is 0 Å². The Kier molecular flexibility index (Phi) is 4.02. The molecule has 0 heterocycles. The van der Waals surface area contributed by atoms with Gasteiger partial charge < -0.3 is 16.2 Å². The van der Waals surface area contributed by atoms with Crippen LogP contribution in [-0.2, 0) is 14.3 Å². The van der Waals surface area contributed by atoms with Gasteiger partial charge in [0.2, 0.25) is 6.10 Å². The van der Waals surface area contributed by atoms with Crippen molar-refractivity contribution in [1.29, 1.82) is 0 Å². The average Bonchev–Trinajstić information content (AvgIpc) is 2.26. The van der Waals surface area contributed by atoms with E-state index in [9.17, 15) is 9.59 Å². The van der Waals surface area contributed by atoms with Crippen molar-refractivity contribution in [3.8, 4) is 0 Å². The molecule has 0 saturated heterocycles. The number of amides is 1. The molecule has 1 aromatic rings. The van der Waals surface area contributed by atoms with Crippen molar-refractivity contribution >= 4 is 11.9 Å². The van der Waals surface area contributed by atoms with Gasteiger partial charge in [-0.3, -0.25) is 9.59 Å². The molecule has 86 valence electrons. The Morgan fingerprint density at radius 1 is 1.25 bits per heavy atom. The maximum absolute atomic E-state index is 11.3. The van der Waals surface area contributed by atoms with E-state index in [4.69, 9.17) is 16.2 Å². The predicted molar refractivity (Wildman–Crippen MR) is 58.1 cm³/mol. The normalized spacial score (nSPS) is 13.9. The largest absolute Gasteiger partial charge is 0.446 e. The Bertz CT molecular complexity index is 376. The summed E-state index contributed by atoms with van der Waals surface area (Å²) in [5.74, 6) is -1.38. The second-order valence-corrected chi connectivity index (χ2v) is 3.42. The van der Waals surface area contributed by atoms with Gasteiger partial charge in [-0.25, -0.2) is 0 Å². The van der Waals surface area contributed by atoms with Crippen LogP contribution in [0.4, 0.5) is 0 Å². The van der Waals surface area contributed by atoms with Crippen LogP contribution in [0.15, 0.2) is 30.3 Å². The van der Waals surface area contributed by atoms with E-state index >= 15 is 0 Å². The third-order valence-electron chi connectivity index (χ3n) is 1.97. The fourth-order valence-electron chi connectivity index (χ4n) is 1.14. The molecule has 2 atom stereocenters. The van der Waals surface area contributed by atoms with Gasteiger partial charge in [-0.1, -0.05) is 30.3 Å². The lowest BCUT2D eigenvalue weighted by Gasteiger charge is -2.16. The summed E-state index contributed by atoms with van der Waals surface area (Å²) in [7, 11) is 0. The molecule has 0 aromatic heterocycles. The zero-order valence-electron chi connectivity index (χ0n) is 8.92. The van der Waals surface area contributed by atoms with Gasteiger partial charge in [0.1, 0.15) is 6.04 Å². The van der Waals surface area contributed by atoms with Crippen molar-refractivity contribution in [2.45, 2.75) is 19.1 Å². The summed E-state index contributed by atoms with van der Waals surface area (Å²) in [6.07, 6.45) is -1.08. The Morgan fingerprint density at radius 3 is 2.25 bits per heavy atom. The highest BCUT2D eigenvalue weighted by atomic mass is 16.5. The van der Waals surface area contributed by atoms with Crippen LogP contribution in [0.3, 0.4) is 0 Å². The van der Waals surface area contributed by atoms with Crippen molar-refractivity contribution in [1.82, 2.24) is 0 Å². The van der Waals surface area contributed by atoms with Gasteiger partial charge in [0.25, 0.3) is 5.91 Å². The minimum Gasteiger partial charge on any atom is -0.446 e. The van der Waals surface area contributed by atoms with Gasteiger partial charge in [0.05, 0.1) is 0 Å². The zero-order chi connectivity index (χ0) is 12.1. The van der Waals surface area contributed by atoms with E-state index in [1.807, 2.05) is 0 Å². The summed E-state index contributed by atoms with van der Waals surface area (Å²) in [4.78, 5) is 22.4. The first-order chi connectivity index (χ1) is 7.52. The smallest absolute Gasteiger partial charge is 0.323 e. The van der Waals surface area contributed by atoms with E-state index < -0.39 is 24.0 Å². The summed E-state index contributed by atoms with van der Waals surface area (Å²) < 4.78 is 4.92. The first-order valence-electron chi connectivity index (χ1n) is 4.82. The van der Waals surface area contributed by atoms with Crippen molar-refractivity contribution < 1.29 is 14.3 Å². The SMILES string of the molecule is C[C@H](N)C(=O)OC(C(N)=O)c1ccccc1. The molecule has 0 fully saturated rings. The van der Waals surface area contributed by atoms with E-state index in [1.165, 1.54) is 6.92 Å². The zero-order valence-corrected chi connectivity index (χ0v) is 8.92. The molecule has 0 aliphatic heterocycles. The summed E-state index contributed by atoms with van der Waals surface area (Å²) in [5, 5.41) is 0. The van der Waals surface area contributed by atoms with Crippen LogP contribution < -0.4 is 11.5 Å². The number of hydrogen-bond donors (Lipinski definition) is 2. The lowest BCUT2D eigenvalue weighted by molar-refractivity contribution is -0.156. The summed E-state index contributed by atoms with van der Waals surface area (Å²) in [6.45, 7) is 1.48. The Labute approximate surface area is 93.4 Å². The first kappa shape index (κ1) is 12.2. The van der Waals surface area contributed by atoms with Gasteiger partial charge in [0.15, 0.2) is 0 Å². The van der Waals surface area contributed by atoms with Gasteiger partial charge in [-0.15, -0.1) is 0 Å². The second-order valence-electron chi connectivity index (χ2n) is 3.42.